The first-order valence-corrected chi connectivity index (χ1v) is 5.19. The van der Waals surface area contributed by atoms with Crippen molar-refractivity contribution in [1.29, 1.82) is 0 Å². The fraction of sp³-hybridized carbons (Fsp3) is 0.417. The molecule has 1 aliphatic rings. The van der Waals surface area contributed by atoms with Crippen LogP contribution in [0.15, 0.2) is 24.3 Å². The van der Waals surface area contributed by atoms with Gasteiger partial charge in [-0.3, -0.25) is 10.1 Å². The van der Waals surface area contributed by atoms with Crippen LogP contribution in [0.3, 0.4) is 0 Å². The minimum absolute atomic E-state index is 0.0214. The number of rotatable bonds is 1. The minimum Gasteiger partial charge on any atom is -0.325 e. The number of likely N-dealkylation sites (N-methyl/N-ethyl adjacent to an activating group) is 1. The zero-order chi connectivity index (χ0) is 11.0. The first-order chi connectivity index (χ1) is 7.09. The molecule has 1 heterocycles. The number of carbonyl (C=O) groups excluding carboxylic acids is 1. The van der Waals surface area contributed by atoms with E-state index in [1.54, 1.807) is 4.90 Å². The molecule has 80 valence electrons. The van der Waals surface area contributed by atoms with Crippen molar-refractivity contribution in [2.45, 2.75) is 26.1 Å². The number of amides is 1. The molecule has 1 fully saturated rings. The van der Waals surface area contributed by atoms with E-state index in [-0.39, 0.29) is 18.1 Å². The first-order valence-electron chi connectivity index (χ1n) is 5.19. The largest absolute Gasteiger partial charge is 0.325 e. The zero-order valence-electron chi connectivity index (χ0n) is 9.32. The molecule has 1 N–H and O–H groups in total. The Morgan fingerprint density at radius 2 is 1.87 bits per heavy atom. The van der Waals surface area contributed by atoms with E-state index in [1.807, 2.05) is 14.0 Å². The molecule has 1 saturated heterocycles. The number of benzene rings is 1. The van der Waals surface area contributed by atoms with Crippen molar-refractivity contribution in [1.82, 2.24) is 10.2 Å². The zero-order valence-corrected chi connectivity index (χ0v) is 9.32. The predicted octanol–water partition coefficient (Wildman–Crippen LogP) is 1.44. The molecule has 1 aromatic rings. The average molecular weight is 204 g/mol. The Labute approximate surface area is 90.1 Å². The fourth-order valence-electron chi connectivity index (χ4n) is 1.92. The van der Waals surface area contributed by atoms with Crippen LogP contribution in [0.5, 0.6) is 0 Å². The Hall–Kier alpha value is -1.35. The molecule has 0 aliphatic carbocycles. The van der Waals surface area contributed by atoms with Crippen LogP contribution in [0, 0.1) is 6.92 Å². The molecule has 15 heavy (non-hydrogen) atoms. The number of aryl methyl sites for hydroxylation is 1. The van der Waals surface area contributed by atoms with Crippen molar-refractivity contribution < 1.29 is 4.79 Å². The van der Waals surface area contributed by atoms with Crippen LogP contribution in [0.1, 0.15) is 24.2 Å². The Morgan fingerprint density at radius 3 is 2.33 bits per heavy atom. The lowest BCUT2D eigenvalue weighted by Gasteiger charge is -2.19. The summed E-state index contributed by atoms with van der Waals surface area (Å²) in [6, 6.07) is 8.18. The summed E-state index contributed by atoms with van der Waals surface area (Å²) < 4.78 is 0. The maximum absolute atomic E-state index is 11.6. The molecule has 1 aromatic carbocycles. The molecule has 2 rings (SSSR count). The highest BCUT2D eigenvalue weighted by Crippen LogP contribution is 2.23. The topological polar surface area (TPSA) is 32.3 Å². The molecule has 0 saturated carbocycles. The van der Waals surface area contributed by atoms with Gasteiger partial charge in [-0.15, -0.1) is 0 Å². The van der Waals surface area contributed by atoms with Gasteiger partial charge in [-0.25, -0.2) is 0 Å². The maximum atomic E-state index is 11.6. The van der Waals surface area contributed by atoms with E-state index in [1.165, 1.54) is 5.56 Å². The highest BCUT2D eigenvalue weighted by atomic mass is 16.2. The Bertz CT molecular complexity index is 372. The molecular formula is C12H16N2O. The number of nitrogens with one attached hydrogen (secondary N) is 1. The van der Waals surface area contributed by atoms with Crippen LogP contribution >= 0.6 is 0 Å². The van der Waals surface area contributed by atoms with Crippen LogP contribution in [-0.4, -0.2) is 23.9 Å². The van der Waals surface area contributed by atoms with Crippen LogP contribution in [0.25, 0.3) is 0 Å². The van der Waals surface area contributed by atoms with Gasteiger partial charge in [0.15, 0.2) is 0 Å². The second kappa shape index (κ2) is 3.66. The van der Waals surface area contributed by atoms with Gasteiger partial charge in [-0.2, -0.15) is 0 Å². The molecule has 2 unspecified atom stereocenters. The van der Waals surface area contributed by atoms with E-state index in [0.29, 0.717) is 0 Å². The molecule has 1 aliphatic heterocycles. The summed E-state index contributed by atoms with van der Waals surface area (Å²) in [5.74, 6) is 0.153. The molecule has 2 atom stereocenters. The van der Waals surface area contributed by atoms with Gasteiger partial charge in [0, 0.05) is 7.05 Å². The Kier molecular flexibility index (Phi) is 2.49. The minimum atomic E-state index is -0.0821. The van der Waals surface area contributed by atoms with Crippen LogP contribution < -0.4 is 5.32 Å². The van der Waals surface area contributed by atoms with E-state index < -0.39 is 0 Å². The van der Waals surface area contributed by atoms with E-state index in [9.17, 15) is 4.79 Å². The van der Waals surface area contributed by atoms with E-state index in [0.717, 1.165) is 5.56 Å². The number of hydrogen-bond donors (Lipinski definition) is 1. The van der Waals surface area contributed by atoms with Crippen molar-refractivity contribution in [2.75, 3.05) is 7.05 Å². The molecule has 0 aromatic heterocycles. The Morgan fingerprint density at radius 1 is 1.27 bits per heavy atom. The Balaban J connectivity index is 2.25. The van der Waals surface area contributed by atoms with Crippen LogP contribution in [0.4, 0.5) is 0 Å². The van der Waals surface area contributed by atoms with Gasteiger partial charge >= 0.3 is 0 Å². The maximum Gasteiger partial charge on any atom is 0.240 e. The molecule has 1 amide bonds. The summed E-state index contributed by atoms with van der Waals surface area (Å²) >= 11 is 0. The molecule has 3 nitrogen and oxygen atoms in total. The lowest BCUT2D eigenvalue weighted by Crippen LogP contribution is -2.25. The summed E-state index contributed by atoms with van der Waals surface area (Å²) in [4.78, 5) is 13.4. The van der Waals surface area contributed by atoms with Gasteiger partial charge in [0.2, 0.25) is 5.91 Å². The summed E-state index contributed by atoms with van der Waals surface area (Å²) in [6.07, 6.45) is 0.0214. The van der Waals surface area contributed by atoms with E-state index in [4.69, 9.17) is 0 Å². The van der Waals surface area contributed by atoms with Crippen LogP contribution in [-0.2, 0) is 4.79 Å². The molecular weight excluding hydrogens is 188 g/mol. The first kappa shape index (κ1) is 10.2. The van der Waals surface area contributed by atoms with Gasteiger partial charge in [-0.1, -0.05) is 29.8 Å². The monoisotopic (exact) mass is 204 g/mol. The second-order valence-corrected chi connectivity index (χ2v) is 4.15. The van der Waals surface area contributed by atoms with E-state index >= 15 is 0 Å². The lowest BCUT2D eigenvalue weighted by molar-refractivity contribution is -0.128. The summed E-state index contributed by atoms with van der Waals surface area (Å²) in [5.41, 5.74) is 2.37. The van der Waals surface area contributed by atoms with Gasteiger partial charge in [0.25, 0.3) is 0 Å². The summed E-state index contributed by atoms with van der Waals surface area (Å²) in [6.45, 7) is 3.95. The average Bonchev–Trinajstić information content (AvgIpc) is 2.47. The van der Waals surface area contributed by atoms with E-state index in [2.05, 4.69) is 36.5 Å². The molecule has 0 spiro atoms. The number of carbonyl (C=O) groups is 1. The normalized spacial score (nSPS) is 26.1. The number of hydrogen-bond acceptors (Lipinski definition) is 2. The third kappa shape index (κ3) is 1.75. The number of nitrogens with zero attached hydrogens (tertiary/aromatic N) is 1. The highest BCUT2D eigenvalue weighted by molar-refractivity contribution is 5.83. The van der Waals surface area contributed by atoms with Crippen molar-refractivity contribution in [3.8, 4) is 0 Å². The fourth-order valence-corrected chi connectivity index (χ4v) is 1.92. The standard InChI is InChI=1S/C12H16N2O/c1-8-4-6-10(7-5-8)11-13-9(2)12(15)14(11)3/h4-7,9,11,13H,1-3H3. The SMILES string of the molecule is Cc1ccc(C2NC(C)C(=O)N2C)cc1. The summed E-state index contributed by atoms with van der Waals surface area (Å²) in [7, 11) is 1.84. The lowest BCUT2D eigenvalue weighted by atomic mass is 10.1. The second-order valence-electron chi connectivity index (χ2n) is 4.15. The van der Waals surface area contributed by atoms with Crippen molar-refractivity contribution >= 4 is 5.91 Å². The van der Waals surface area contributed by atoms with Crippen LogP contribution in [0.2, 0.25) is 0 Å². The van der Waals surface area contributed by atoms with Crippen molar-refractivity contribution in [2.24, 2.45) is 0 Å². The third-order valence-corrected chi connectivity index (χ3v) is 2.91. The smallest absolute Gasteiger partial charge is 0.240 e. The summed E-state index contributed by atoms with van der Waals surface area (Å²) in [5, 5.41) is 3.27. The van der Waals surface area contributed by atoms with Gasteiger partial charge in [0.1, 0.15) is 6.17 Å². The van der Waals surface area contributed by atoms with Crippen molar-refractivity contribution in [3.63, 3.8) is 0 Å². The molecule has 0 radical (unpaired) electrons. The highest BCUT2D eigenvalue weighted by Gasteiger charge is 2.33. The quantitative estimate of drug-likeness (QED) is 0.750. The predicted molar refractivity (Wildman–Crippen MR) is 59.3 cm³/mol. The van der Waals surface area contributed by atoms with Gasteiger partial charge in [-0.05, 0) is 19.4 Å². The third-order valence-electron chi connectivity index (χ3n) is 2.91. The van der Waals surface area contributed by atoms with Crippen molar-refractivity contribution in [3.05, 3.63) is 35.4 Å². The van der Waals surface area contributed by atoms with Gasteiger partial charge in [0.05, 0.1) is 6.04 Å². The van der Waals surface area contributed by atoms with Gasteiger partial charge < -0.3 is 4.90 Å². The molecule has 0 bridgehead atoms. The molecule has 3 heteroatoms.